The minimum absolute atomic E-state index is 0.0988. The molecule has 0 unspecified atom stereocenters. The quantitative estimate of drug-likeness (QED) is 0.291. The third kappa shape index (κ3) is 6.50. The summed E-state index contributed by atoms with van der Waals surface area (Å²) in [6.45, 7) is 11.5. The smallest absolute Gasteiger partial charge is 0.303 e. The molecule has 0 saturated heterocycles. The van der Waals surface area contributed by atoms with E-state index in [1.165, 1.54) is 6.42 Å². The van der Waals surface area contributed by atoms with Gasteiger partial charge in [-0.3, -0.25) is 4.79 Å². The maximum Gasteiger partial charge on any atom is 0.303 e. The van der Waals surface area contributed by atoms with Gasteiger partial charge in [0, 0.05) is 24.2 Å². The molecule has 1 aliphatic carbocycles. The molecule has 1 aliphatic rings. The van der Waals surface area contributed by atoms with Gasteiger partial charge in [-0.15, -0.1) is 0 Å². The number of carbonyl (C=O) groups is 1. The molecule has 0 amide bonds. The number of hydrogen-bond acceptors (Lipinski definition) is 5. The molecule has 2 aromatic carbocycles. The van der Waals surface area contributed by atoms with Crippen LogP contribution in [0.2, 0.25) is 0 Å². The molecular weight excluding hydrogens is 454 g/mol. The third-order valence-electron chi connectivity index (χ3n) is 6.68. The van der Waals surface area contributed by atoms with Crippen molar-refractivity contribution in [3.63, 3.8) is 0 Å². The van der Waals surface area contributed by atoms with Crippen LogP contribution >= 0.6 is 0 Å². The fourth-order valence-electron chi connectivity index (χ4n) is 5.55. The van der Waals surface area contributed by atoms with Crippen LogP contribution in [0.5, 0.6) is 11.5 Å². The Bertz CT molecular complexity index is 1180. The first-order valence-electron chi connectivity index (χ1n) is 13.0. The van der Waals surface area contributed by atoms with Crippen molar-refractivity contribution in [2.75, 3.05) is 11.9 Å². The number of anilines is 2. The van der Waals surface area contributed by atoms with E-state index in [2.05, 4.69) is 36.7 Å². The zero-order valence-electron chi connectivity index (χ0n) is 22.1. The Hall–Kier alpha value is -3.22. The molecule has 4 rings (SSSR count). The van der Waals surface area contributed by atoms with Crippen LogP contribution in [0.1, 0.15) is 72.8 Å². The number of rotatable bonds is 10. The second-order valence-electron chi connectivity index (χ2n) is 11.2. The number of aliphatic carboxylic acids is 1. The molecule has 7 heteroatoms. The predicted octanol–water partition coefficient (Wildman–Crippen LogP) is 7.20. The van der Waals surface area contributed by atoms with E-state index in [1.54, 1.807) is 0 Å². The third-order valence-corrected chi connectivity index (χ3v) is 6.68. The van der Waals surface area contributed by atoms with Crippen molar-refractivity contribution in [1.82, 2.24) is 9.55 Å². The fraction of sp³-hybridized carbons (Fsp3) is 0.517. The zero-order valence-corrected chi connectivity index (χ0v) is 22.1. The summed E-state index contributed by atoms with van der Waals surface area (Å²) in [6.07, 6.45) is 4.13. The molecular formula is C29H39N3O4. The highest BCUT2D eigenvalue weighted by molar-refractivity contribution is 5.81. The van der Waals surface area contributed by atoms with Gasteiger partial charge in [0.25, 0.3) is 0 Å². The van der Waals surface area contributed by atoms with Crippen LogP contribution < -0.4 is 14.8 Å². The Labute approximate surface area is 213 Å². The molecule has 3 aromatic rings. The predicted molar refractivity (Wildman–Crippen MR) is 143 cm³/mol. The second kappa shape index (κ2) is 10.8. The number of carboxylic acid groups (broad SMARTS) is 1. The van der Waals surface area contributed by atoms with Crippen LogP contribution in [0.25, 0.3) is 11.0 Å². The van der Waals surface area contributed by atoms with Gasteiger partial charge in [0.1, 0.15) is 11.5 Å². The lowest BCUT2D eigenvalue weighted by molar-refractivity contribution is -0.137. The summed E-state index contributed by atoms with van der Waals surface area (Å²) < 4.78 is 14.0. The monoisotopic (exact) mass is 493 g/mol. The summed E-state index contributed by atoms with van der Waals surface area (Å²) in [5, 5.41) is 12.4. The van der Waals surface area contributed by atoms with Crippen molar-refractivity contribution in [2.45, 2.75) is 78.9 Å². The van der Waals surface area contributed by atoms with E-state index in [4.69, 9.17) is 19.6 Å². The number of fused-ring (bicyclic) bond motifs is 1. The number of aromatic nitrogens is 2. The first-order chi connectivity index (χ1) is 17.1. The SMILES string of the molecule is CC(C)Oc1ccc(Nc2nc3cc(OCCCC(=O)O)ccc3n2[C@@H]2C[C@H](C)CC(C)(C)C2)cc1. The number of benzene rings is 2. The average molecular weight is 494 g/mol. The molecule has 2 atom stereocenters. The molecule has 0 spiro atoms. The number of carboxylic acids is 1. The van der Waals surface area contributed by atoms with Crippen molar-refractivity contribution >= 4 is 28.6 Å². The number of nitrogens with zero attached hydrogens (tertiary/aromatic N) is 2. The topological polar surface area (TPSA) is 85.6 Å². The Kier molecular flexibility index (Phi) is 7.76. The number of ether oxygens (including phenoxy) is 2. The fourth-order valence-corrected chi connectivity index (χ4v) is 5.55. The zero-order chi connectivity index (χ0) is 25.9. The van der Waals surface area contributed by atoms with Gasteiger partial charge in [-0.1, -0.05) is 20.8 Å². The van der Waals surface area contributed by atoms with Crippen LogP contribution in [0.3, 0.4) is 0 Å². The maximum atomic E-state index is 10.8. The lowest BCUT2D eigenvalue weighted by Crippen LogP contribution is -2.29. The standard InChI is InChI=1S/C29H39N3O4/c1-19(2)36-23-10-8-21(9-11-23)30-28-31-25-16-24(35-14-6-7-27(33)34)12-13-26(25)32(28)22-15-20(3)17-29(4,5)18-22/h8-13,16,19-20,22H,6-7,14-15,17-18H2,1-5H3,(H,30,31)(H,33,34)/t20-,22+/m0/s1. The molecule has 1 saturated carbocycles. The molecule has 1 heterocycles. The van der Waals surface area contributed by atoms with E-state index in [1.807, 2.05) is 50.2 Å². The van der Waals surface area contributed by atoms with Crippen molar-refractivity contribution in [3.05, 3.63) is 42.5 Å². The Morgan fingerprint density at radius 1 is 1.17 bits per heavy atom. The summed E-state index contributed by atoms with van der Waals surface area (Å²) in [6, 6.07) is 14.3. The Balaban J connectivity index is 1.64. The highest BCUT2D eigenvalue weighted by Crippen LogP contribution is 2.46. The van der Waals surface area contributed by atoms with Crippen molar-refractivity contribution < 1.29 is 19.4 Å². The normalized spacial score (nSPS) is 19.4. The van der Waals surface area contributed by atoms with Crippen LogP contribution in [0.4, 0.5) is 11.6 Å². The molecule has 7 nitrogen and oxygen atoms in total. The molecule has 2 N–H and O–H groups in total. The Morgan fingerprint density at radius 2 is 1.89 bits per heavy atom. The number of hydrogen-bond donors (Lipinski definition) is 2. The van der Waals surface area contributed by atoms with Gasteiger partial charge >= 0.3 is 5.97 Å². The Morgan fingerprint density at radius 3 is 2.56 bits per heavy atom. The summed E-state index contributed by atoms with van der Waals surface area (Å²) >= 11 is 0. The van der Waals surface area contributed by atoms with Crippen LogP contribution in [0, 0.1) is 11.3 Å². The molecule has 0 aliphatic heterocycles. The van der Waals surface area contributed by atoms with E-state index in [9.17, 15) is 4.79 Å². The van der Waals surface area contributed by atoms with Gasteiger partial charge < -0.3 is 24.5 Å². The van der Waals surface area contributed by atoms with Crippen LogP contribution in [-0.4, -0.2) is 33.3 Å². The minimum atomic E-state index is -0.808. The summed E-state index contributed by atoms with van der Waals surface area (Å²) in [5.74, 6) is 2.19. The highest BCUT2D eigenvalue weighted by Gasteiger charge is 2.34. The molecule has 1 fully saturated rings. The van der Waals surface area contributed by atoms with Gasteiger partial charge in [-0.2, -0.15) is 0 Å². The van der Waals surface area contributed by atoms with Gasteiger partial charge in [0.2, 0.25) is 5.95 Å². The summed E-state index contributed by atoms with van der Waals surface area (Å²) in [7, 11) is 0. The number of nitrogens with one attached hydrogen (secondary N) is 1. The van der Waals surface area contributed by atoms with Crippen LogP contribution in [0.15, 0.2) is 42.5 Å². The largest absolute Gasteiger partial charge is 0.494 e. The van der Waals surface area contributed by atoms with E-state index >= 15 is 0 Å². The lowest BCUT2D eigenvalue weighted by Gasteiger charge is -2.40. The van der Waals surface area contributed by atoms with Gasteiger partial charge in [-0.05, 0) is 87.3 Å². The maximum absolute atomic E-state index is 10.8. The first-order valence-corrected chi connectivity index (χ1v) is 13.0. The van der Waals surface area contributed by atoms with Crippen molar-refractivity contribution in [3.8, 4) is 11.5 Å². The van der Waals surface area contributed by atoms with E-state index in [0.717, 1.165) is 41.3 Å². The number of imidazole rings is 1. The highest BCUT2D eigenvalue weighted by atomic mass is 16.5. The lowest BCUT2D eigenvalue weighted by atomic mass is 9.70. The molecule has 0 radical (unpaired) electrons. The van der Waals surface area contributed by atoms with Gasteiger partial charge in [-0.25, -0.2) is 4.98 Å². The average Bonchev–Trinajstić information content (AvgIpc) is 3.13. The molecule has 194 valence electrons. The minimum Gasteiger partial charge on any atom is -0.494 e. The van der Waals surface area contributed by atoms with Crippen molar-refractivity contribution in [1.29, 1.82) is 0 Å². The van der Waals surface area contributed by atoms with Crippen molar-refractivity contribution in [2.24, 2.45) is 11.3 Å². The van der Waals surface area contributed by atoms with Crippen LogP contribution in [-0.2, 0) is 4.79 Å². The summed E-state index contributed by atoms with van der Waals surface area (Å²) in [4.78, 5) is 15.8. The van der Waals surface area contributed by atoms with E-state index in [0.29, 0.717) is 30.7 Å². The second-order valence-corrected chi connectivity index (χ2v) is 11.2. The van der Waals surface area contributed by atoms with Gasteiger partial charge in [0.15, 0.2) is 0 Å². The molecule has 1 aromatic heterocycles. The van der Waals surface area contributed by atoms with E-state index < -0.39 is 5.97 Å². The molecule has 0 bridgehead atoms. The molecule has 36 heavy (non-hydrogen) atoms. The summed E-state index contributed by atoms with van der Waals surface area (Å²) in [5.41, 5.74) is 3.16. The van der Waals surface area contributed by atoms with Gasteiger partial charge in [0.05, 0.1) is 23.7 Å². The first kappa shape index (κ1) is 25.9. The van der Waals surface area contributed by atoms with E-state index in [-0.39, 0.29) is 17.9 Å².